The second kappa shape index (κ2) is 6.89. The number of hydrogen-bond donors (Lipinski definition) is 1. The Hall–Kier alpha value is -2.62. The molecular weight excluding hydrogens is 278 g/mol. The molecule has 0 spiro atoms. The van der Waals surface area contributed by atoms with Gasteiger partial charge in [-0.3, -0.25) is 4.79 Å². The van der Waals surface area contributed by atoms with Gasteiger partial charge in [-0.15, -0.1) is 0 Å². The fourth-order valence-corrected chi connectivity index (χ4v) is 2.02. The summed E-state index contributed by atoms with van der Waals surface area (Å²) in [4.78, 5) is 24.2. The maximum atomic E-state index is 12.2. The first-order chi connectivity index (χ1) is 10.5. The molecule has 2 aromatic rings. The second-order valence-electron chi connectivity index (χ2n) is 5.15. The first-order valence-corrected chi connectivity index (χ1v) is 7.12. The summed E-state index contributed by atoms with van der Waals surface area (Å²) in [5.74, 6) is -0.846. The van der Waals surface area contributed by atoms with Gasteiger partial charge >= 0.3 is 5.97 Å². The summed E-state index contributed by atoms with van der Waals surface area (Å²) in [5.41, 5.74) is 3.03. The lowest BCUT2D eigenvalue weighted by Gasteiger charge is -2.15. The fourth-order valence-electron chi connectivity index (χ4n) is 2.02. The zero-order chi connectivity index (χ0) is 16.1. The summed E-state index contributed by atoms with van der Waals surface area (Å²) in [6, 6.07) is 14.5. The van der Waals surface area contributed by atoms with Crippen LogP contribution in [-0.2, 0) is 9.53 Å². The summed E-state index contributed by atoms with van der Waals surface area (Å²) in [7, 11) is 0. The maximum Gasteiger partial charge on any atom is 0.339 e. The van der Waals surface area contributed by atoms with E-state index in [4.69, 9.17) is 4.74 Å². The Morgan fingerprint density at radius 2 is 1.68 bits per heavy atom. The standard InChI is InChI=1S/C18H19NO3/c1-12-8-7-11-16(13(12)2)18(21)22-14(3)17(20)19-15-9-5-4-6-10-15/h4-11,14H,1-3H3,(H,19,20)/t14-/m0/s1. The predicted molar refractivity (Wildman–Crippen MR) is 85.9 cm³/mol. The quantitative estimate of drug-likeness (QED) is 0.879. The molecule has 4 nitrogen and oxygen atoms in total. The van der Waals surface area contributed by atoms with E-state index in [1.807, 2.05) is 38.1 Å². The Balaban J connectivity index is 2.02. The minimum atomic E-state index is -0.868. The van der Waals surface area contributed by atoms with E-state index in [2.05, 4.69) is 5.32 Å². The molecule has 0 fully saturated rings. The van der Waals surface area contributed by atoms with Crippen molar-refractivity contribution in [1.82, 2.24) is 0 Å². The lowest BCUT2D eigenvalue weighted by Crippen LogP contribution is -2.30. The Labute approximate surface area is 130 Å². The number of carbonyl (C=O) groups is 2. The van der Waals surface area contributed by atoms with Crippen LogP contribution < -0.4 is 5.32 Å². The predicted octanol–water partition coefficient (Wildman–Crippen LogP) is 3.49. The van der Waals surface area contributed by atoms with Crippen molar-refractivity contribution >= 4 is 17.6 Å². The van der Waals surface area contributed by atoms with Crippen molar-refractivity contribution in [3.8, 4) is 0 Å². The number of ether oxygens (including phenoxy) is 1. The number of aryl methyl sites for hydroxylation is 1. The number of amides is 1. The third kappa shape index (κ3) is 3.73. The molecule has 2 aromatic carbocycles. The first-order valence-electron chi connectivity index (χ1n) is 7.12. The van der Waals surface area contributed by atoms with Crippen LogP contribution in [-0.4, -0.2) is 18.0 Å². The van der Waals surface area contributed by atoms with E-state index < -0.39 is 12.1 Å². The molecule has 0 bridgehead atoms. The summed E-state index contributed by atoms with van der Waals surface area (Å²) in [6.45, 7) is 5.35. The van der Waals surface area contributed by atoms with Crippen LogP contribution in [0.4, 0.5) is 5.69 Å². The molecule has 1 amide bonds. The molecule has 1 N–H and O–H groups in total. The van der Waals surface area contributed by atoms with Gasteiger partial charge in [0.2, 0.25) is 0 Å². The molecule has 2 rings (SSSR count). The van der Waals surface area contributed by atoms with Crippen LogP contribution in [0.5, 0.6) is 0 Å². The number of nitrogens with one attached hydrogen (secondary N) is 1. The van der Waals surface area contributed by atoms with E-state index in [9.17, 15) is 9.59 Å². The number of rotatable bonds is 4. The number of carbonyl (C=O) groups excluding carboxylic acids is 2. The molecule has 22 heavy (non-hydrogen) atoms. The van der Waals surface area contributed by atoms with Gasteiger partial charge < -0.3 is 10.1 Å². The summed E-state index contributed by atoms with van der Waals surface area (Å²) in [6.07, 6.45) is -0.868. The summed E-state index contributed by atoms with van der Waals surface area (Å²) >= 11 is 0. The number of anilines is 1. The van der Waals surface area contributed by atoms with E-state index in [0.717, 1.165) is 11.1 Å². The van der Waals surface area contributed by atoms with Gasteiger partial charge in [0.25, 0.3) is 5.91 Å². The van der Waals surface area contributed by atoms with Crippen molar-refractivity contribution in [2.45, 2.75) is 26.9 Å². The molecule has 0 aliphatic heterocycles. The van der Waals surface area contributed by atoms with Crippen LogP contribution in [0.2, 0.25) is 0 Å². The van der Waals surface area contributed by atoms with Gasteiger partial charge in [-0.1, -0.05) is 30.3 Å². The molecule has 0 aliphatic carbocycles. The molecule has 0 heterocycles. The van der Waals surface area contributed by atoms with E-state index in [1.165, 1.54) is 0 Å². The van der Waals surface area contributed by atoms with Crippen molar-refractivity contribution in [2.75, 3.05) is 5.32 Å². The van der Waals surface area contributed by atoms with Crippen LogP contribution in [0.25, 0.3) is 0 Å². The third-order valence-corrected chi connectivity index (χ3v) is 3.52. The van der Waals surface area contributed by atoms with Gasteiger partial charge in [0.05, 0.1) is 5.56 Å². The van der Waals surface area contributed by atoms with Crippen LogP contribution in [0.3, 0.4) is 0 Å². The first kappa shape index (κ1) is 15.8. The van der Waals surface area contributed by atoms with Gasteiger partial charge in [0.1, 0.15) is 0 Å². The van der Waals surface area contributed by atoms with Crippen LogP contribution in [0.1, 0.15) is 28.4 Å². The number of benzene rings is 2. The van der Waals surface area contributed by atoms with E-state index in [-0.39, 0.29) is 5.91 Å². The van der Waals surface area contributed by atoms with Gasteiger partial charge in [-0.25, -0.2) is 4.79 Å². The molecular formula is C18H19NO3. The fraction of sp³-hybridized carbons (Fsp3) is 0.222. The van der Waals surface area contributed by atoms with Crippen molar-refractivity contribution in [1.29, 1.82) is 0 Å². The summed E-state index contributed by atoms with van der Waals surface area (Å²) < 4.78 is 5.26. The number of esters is 1. The van der Waals surface area contributed by atoms with Crippen molar-refractivity contribution < 1.29 is 14.3 Å². The average Bonchev–Trinajstić information content (AvgIpc) is 2.50. The van der Waals surface area contributed by atoms with Crippen LogP contribution >= 0.6 is 0 Å². The number of hydrogen-bond acceptors (Lipinski definition) is 3. The smallest absolute Gasteiger partial charge is 0.339 e. The highest BCUT2D eigenvalue weighted by molar-refractivity contribution is 5.97. The lowest BCUT2D eigenvalue weighted by atomic mass is 10.0. The SMILES string of the molecule is Cc1cccc(C(=O)O[C@@H](C)C(=O)Nc2ccccc2)c1C. The highest BCUT2D eigenvalue weighted by Crippen LogP contribution is 2.15. The van der Waals surface area contributed by atoms with Gasteiger partial charge in [-0.2, -0.15) is 0 Å². The topological polar surface area (TPSA) is 55.4 Å². The molecule has 114 valence electrons. The Bertz CT molecular complexity index is 680. The third-order valence-electron chi connectivity index (χ3n) is 3.52. The molecule has 0 saturated carbocycles. The minimum Gasteiger partial charge on any atom is -0.449 e. The number of para-hydroxylation sites is 1. The highest BCUT2D eigenvalue weighted by Gasteiger charge is 2.20. The van der Waals surface area contributed by atoms with Gasteiger partial charge in [0, 0.05) is 5.69 Å². The Kier molecular flexibility index (Phi) is 4.94. The zero-order valence-electron chi connectivity index (χ0n) is 12.9. The monoisotopic (exact) mass is 297 g/mol. The van der Waals surface area contributed by atoms with E-state index >= 15 is 0 Å². The molecule has 0 aromatic heterocycles. The Morgan fingerprint density at radius 3 is 2.36 bits per heavy atom. The maximum absolute atomic E-state index is 12.2. The lowest BCUT2D eigenvalue weighted by molar-refractivity contribution is -0.123. The van der Waals surface area contributed by atoms with Crippen LogP contribution in [0.15, 0.2) is 48.5 Å². The minimum absolute atomic E-state index is 0.357. The largest absolute Gasteiger partial charge is 0.449 e. The van der Waals surface area contributed by atoms with E-state index in [0.29, 0.717) is 11.3 Å². The normalized spacial score (nSPS) is 11.6. The van der Waals surface area contributed by atoms with Crippen molar-refractivity contribution in [2.24, 2.45) is 0 Å². The Morgan fingerprint density at radius 1 is 1.00 bits per heavy atom. The van der Waals surface area contributed by atoms with Crippen molar-refractivity contribution in [3.63, 3.8) is 0 Å². The molecule has 0 aliphatic rings. The van der Waals surface area contributed by atoms with Crippen LogP contribution in [0, 0.1) is 13.8 Å². The molecule has 0 radical (unpaired) electrons. The van der Waals surface area contributed by atoms with Crippen molar-refractivity contribution in [3.05, 3.63) is 65.2 Å². The van der Waals surface area contributed by atoms with Gasteiger partial charge in [0.15, 0.2) is 6.10 Å². The van der Waals surface area contributed by atoms with Gasteiger partial charge in [-0.05, 0) is 50.1 Å². The van der Waals surface area contributed by atoms with E-state index in [1.54, 1.807) is 31.2 Å². The molecule has 0 unspecified atom stereocenters. The summed E-state index contributed by atoms with van der Waals surface area (Å²) in [5, 5.41) is 2.71. The molecule has 0 saturated heterocycles. The molecule has 1 atom stereocenters. The molecule has 4 heteroatoms. The second-order valence-corrected chi connectivity index (χ2v) is 5.15. The average molecular weight is 297 g/mol. The highest BCUT2D eigenvalue weighted by atomic mass is 16.5. The zero-order valence-corrected chi connectivity index (χ0v) is 12.9.